The van der Waals surface area contributed by atoms with E-state index in [9.17, 15) is 10.1 Å². The van der Waals surface area contributed by atoms with Crippen LogP contribution in [0.2, 0.25) is 8.67 Å². The molecule has 1 atom stereocenters. The summed E-state index contributed by atoms with van der Waals surface area (Å²) in [7, 11) is 0. The zero-order valence-corrected chi connectivity index (χ0v) is 13.3. The van der Waals surface area contributed by atoms with Gasteiger partial charge in [0.15, 0.2) is 5.78 Å². The van der Waals surface area contributed by atoms with Crippen molar-refractivity contribution in [2.24, 2.45) is 0 Å². The van der Waals surface area contributed by atoms with Gasteiger partial charge in [0, 0.05) is 4.47 Å². The topological polar surface area (TPSA) is 40.9 Å². The monoisotopic (exact) mass is 373 g/mol. The number of nitriles is 1. The van der Waals surface area contributed by atoms with Crippen LogP contribution in [0.3, 0.4) is 0 Å². The maximum Gasteiger partial charge on any atom is 0.186 e. The second kappa shape index (κ2) is 6.06. The molecule has 2 aromatic rings. The third-order valence-electron chi connectivity index (χ3n) is 2.53. The van der Waals surface area contributed by atoms with Crippen molar-refractivity contribution in [2.75, 3.05) is 0 Å². The van der Waals surface area contributed by atoms with Gasteiger partial charge in [0.1, 0.15) is 10.3 Å². The van der Waals surface area contributed by atoms with Crippen molar-refractivity contribution in [2.45, 2.75) is 5.92 Å². The number of halogens is 3. The molecule has 1 unspecified atom stereocenters. The molecule has 0 aliphatic carbocycles. The molecule has 0 spiro atoms. The summed E-state index contributed by atoms with van der Waals surface area (Å²) in [5, 5.41) is 9.27. The number of Topliss-reactive ketones (excluding diaryl/α,β-unsaturated/α-hetero) is 1. The minimum absolute atomic E-state index is 0.291. The molecule has 6 heteroatoms. The molecule has 0 aliphatic heterocycles. The second-order valence-corrected chi connectivity index (χ2v) is 6.83. The van der Waals surface area contributed by atoms with Gasteiger partial charge in [-0.3, -0.25) is 4.79 Å². The van der Waals surface area contributed by atoms with Gasteiger partial charge in [0.2, 0.25) is 0 Å². The van der Waals surface area contributed by atoms with Gasteiger partial charge >= 0.3 is 0 Å². The van der Waals surface area contributed by atoms with Crippen molar-refractivity contribution in [1.29, 1.82) is 5.26 Å². The fourth-order valence-corrected chi connectivity index (χ4v) is 3.63. The van der Waals surface area contributed by atoms with E-state index in [2.05, 4.69) is 15.9 Å². The number of ketones is 1. The number of hydrogen-bond donors (Lipinski definition) is 0. The molecular formula is C13H6BrCl2NOS. The first-order valence-electron chi connectivity index (χ1n) is 5.17. The van der Waals surface area contributed by atoms with Crippen molar-refractivity contribution in [3.63, 3.8) is 0 Å². The number of rotatable bonds is 3. The lowest BCUT2D eigenvalue weighted by Crippen LogP contribution is -2.11. The SMILES string of the molecule is N#CC(C(=O)c1cc(Cl)sc1Cl)c1ccccc1Br. The van der Waals surface area contributed by atoms with E-state index < -0.39 is 5.92 Å². The zero-order valence-electron chi connectivity index (χ0n) is 9.36. The fourth-order valence-electron chi connectivity index (χ4n) is 1.64. The highest BCUT2D eigenvalue weighted by Crippen LogP contribution is 2.35. The zero-order chi connectivity index (χ0) is 14.0. The van der Waals surface area contributed by atoms with Crippen LogP contribution in [0.15, 0.2) is 34.8 Å². The van der Waals surface area contributed by atoms with Crippen LogP contribution in [0, 0.1) is 11.3 Å². The first-order valence-corrected chi connectivity index (χ1v) is 7.54. The van der Waals surface area contributed by atoms with Crippen molar-refractivity contribution < 1.29 is 4.79 Å². The van der Waals surface area contributed by atoms with E-state index in [4.69, 9.17) is 23.2 Å². The van der Waals surface area contributed by atoms with E-state index in [0.29, 0.717) is 24.3 Å². The Morgan fingerprint density at radius 3 is 2.58 bits per heavy atom. The molecule has 0 bridgehead atoms. The maximum atomic E-state index is 12.4. The van der Waals surface area contributed by atoms with E-state index in [1.54, 1.807) is 18.2 Å². The van der Waals surface area contributed by atoms with Gasteiger partial charge in [-0.1, -0.05) is 57.3 Å². The molecule has 0 N–H and O–H groups in total. The molecule has 0 saturated carbocycles. The molecule has 0 aliphatic rings. The van der Waals surface area contributed by atoms with E-state index in [1.165, 1.54) is 6.07 Å². The Hall–Kier alpha value is -0.860. The molecule has 2 rings (SSSR count). The predicted molar refractivity (Wildman–Crippen MR) is 81.2 cm³/mol. The minimum atomic E-state index is -0.904. The molecule has 0 saturated heterocycles. The van der Waals surface area contributed by atoms with E-state index in [-0.39, 0.29) is 5.78 Å². The van der Waals surface area contributed by atoms with Crippen LogP contribution in [0.4, 0.5) is 0 Å². The van der Waals surface area contributed by atoms with Gasteiger partial charge in [-0.15, -0.1) is 11.3 Å². The van der Waals surface area contributed by atoms with Crippen LogP contribution < -0.4 is 0 Å². The Morgan fingerprint density at radius 1 is 1.37 bits per heavy atom. The normalized spacial score (nSPS) is 11.9. The number of carbonyl (C=O) groups excluding carboxylic acids is 1. The van der Waals surface area contributed by atoms with Gasteiger partial charge in [-0.25, -0.2) is 0 Å². The number of thiophene rings is 1. The Morgan fingerprint density at radius 2 is 2.05 bits per heavy atom. The molecule has 1 aromatic heterocycles. The molecule has 2 nitrogen and oxygen atoms in total. The third-order valence-corrected chi connectivity index (χ3v) is 4.74. The molecule has 1 aromatic carbocycles. The smallest absolute Gasteiger partial charge is 0.186 e. The molecule has 19 heavy (non-hydrogen) atoms. The number of hydrogen-bond acceptors (Lipinski definition) is 3. The number of benzene rings is 1. The molecular weight excluding hydrogens is 369 g/mol. The highest BCUT2D eigenvalue weighted by Gasteiger charge is 2.26. The van der Waals surface area contributed by atoms with Crippen molar-refractivity contribution in [3.8, 4) is 6.07 Å². The Labute approximate surface area is 132 Å². The summed E-state index contributed by atoms with van der Waals surface area (Å²) in [5.74, 6) is -1.25. The third kappa shape index (κ3) is 3.01. The lowest BCUT2D eigenvalue weighted by Gasteiger charge is -2.09. The van der Waals surface area contributed by atoms with Crippen LogP contribution in [-0.2, 0) is 0 Å². The average molecular weight is 375 g/mol. The fraction of sp³-hybridized carbons (Fsp3) is 0.0769. The first-order chi connectivity index (χ1) is 9.04. The molecule has 1 heterocycles. The van der Waals surface area contributed by atoms with Crippen molar-refractivity contribution >= 4 is 56.3 Å². The summed E-state index contributed by atoms with van der Waals surface area (Å²) in [6.45, 7) is 0. The van der Waals surface area contributed by atoms with Crippen LogP contribution in [0.1, 0.15) is 21.8 Å². The van der Waals surface area contributed by atoms with E-state index in [1.807, 2.05) is 12.1 Å². The summed E-state index contributed by atoms with van der Waals surface area (Å²) in [4.78, 5) is 12.4. The van der Waals surface area contributed by atoms with Crippen LogP contribution >= 0.6 is 50.5 Å². The van der Waals surface area contributed by atoms with Gasteiger partial charge < -0.3 is 0 Å². The van der Waals surface area contributed by atoms with Crippen molar-refractivity contribution in [1.82, 2.24) is 0 Å². The Bertz CT molecular complexity index is 678. The van der Waals surface area contributed by atoms with E-state index in [0.717, 1.165) is 11.3 Å². The summed E-state index contributed by atoms with van der Waals surface area (Å²) in [5.41, 5.74) is 0.910. The Kier molecular flexibility index (Phi) is 4.64. The van der Waals surface area contributed by atoms with Crippen LogP contribution in [-0.4, -0.2) is 5.78 Å². The highest BCUT2D eigenvalue weighted by molar-refractivity contribution is 9.10. The van der Waals surface area contributed by atoms with Crippen LogP contribution in [0.5, 0.6) is 0 Å². The lowest BCUT2D eigenvalue weighted by molar-refractivity contribution is 0.0979. The average Bonchev–Trinajstić information content (AvgIpc) is 2.71. The summed E-state index contributed by atoms with van der Waals surface area (Å²) >= 11 is 16.2. The quantitative estimate of drug-likeness (QED) is 0.683. The summed E-state index contributed by atoms with van der Waals surface area (Å²) in [6.07, 6.45) is 0. The lowest BCUT2D eigenvalue weighted by atomic mass is 9.93. The first kappa shape index (κ1) is 14.5. The van der Waals surface area contributed by atoms with Gasteiger partial charge in [0.25, 0.3) is 0 Å². The Balaban J connectivity index is 2.44. The molecule has 0 radical (unpaired) electrons. The highest BCUT2D eigenvalue weighted by atomic mass is 79.9. The second-order valence-electron chi connectivity index (χ2n) is 3.69. The number of carbonyl (C=O) groups is 1. The van der Waals surface area contributed by atoms with Crippen molar-refractivity contribution in [3.05, 3.63) is 54.6 Å². The molecule has 0 amide bonds. The summed E-state index contributed by atoms with van der Waals surface area (Å²) in [6, 6.07) is 10.6. The van der Waals surface area contributed by atoms with Gasteiger partial charge in [-0.05, 0) is 17.7 Å². The summed E-state index contributed by atoms with van der Waals surface area (Å²) < 4.78 is 1.45. The molecule has 96 valence electrons. The van der Waals surface area contributed by atoms with Gasteiger partial charge in [-0.2, -0.15) is 5.26 Å². The van der Waals surface area contributed by atoms with E-state index >= 15 is 0 Å². The van der Waals surface area contributed by atoms with Gasteiger partial charge in [0.05, 0.1) is 16.0 Å². The maximum absolute atomic E-state index is 12.4. The van der Waals surface area contributed by atoms with Crippen LogP contribution in [0.25, 0.3) is 0 Å². The minimum Gasteiger partial charge on any atom is -0.292 e. The number of nitrogens with zero attached hydrogens (tertiary/aromatic N) is 1. The standard InChI is InChI=1S/C13H6BrCl2NOS/c14-10-4-2-1-3-7(10)9(6-17)12(18)8-5-11(15)19-13(8)16/h1-5,9H. The molecule has 0 fully saturated rings. The predicted octanol–water partition coefficient (Wildman–Crippen LogP) is 5.31. The largest absolute Gasteiger partial charge is 0.292 e.